The molecule has 0 unspecified atom stereocenters. The summed E-state index contributed by atoms with van der Waals surface area (Å²) in [5.41, 5.74) is 0.671. The molecule has 64 valence electrons. The summed E-state index contributed by atoms with van der Waals surface area (Å²) < 4.78 is 4.60. The number of ether oxygens (including phenoxy) is 1. The van der Waals surface area contributed by atoms with E-state index in [9.17, 15) is 5.11 Å². The number of aliphatic hydroxyl groups is 1. The van der Waals surface area contributed by atoms with Gasteiger partial charge in [0.1, 0.15) is 0 Å². The van der Waals surface area contributed by atoms with Gasteiger partial charge in [0.15, 0.2) is 6.10 Å². The number of benzene rings is 1. The largest absolute Gasteiger partial charge is 0.482 e. The summed E-state index contributed by atoms with van der Waals surface area (Å²) in [6, 6.07) is 8.96. The second kappa shape index (κ2) is 3.88. The first-order valence-electron chi connectivity index (χ1n) is 3.61. The molecule has 3 heteroatoms. The number of hydrogen-bond donors (Lipinski definition) is 2. The minimum Gasteiger partial charge on any atom is -0.482 e. The molecule has 0 bridgehead atoms. The zero-order chi connectivity index (χ0) is 8.97. The molecule has 1 atom stereocenters. The Labute approximate surface area is 71.1 Å². The average Bonchev–Trinajstić information content (AvgIpc) is 2.17. The lowest BCUT2D eigenvalue weighted by atomic mass is 10.1. The van der Waals surface area contributed by atoms with Crippen molar-refractivity contribution >= 4 is 5.90 Å². The van der Waals surface area contributed by atoms with Gasteiger partial charge in [-0.25, -0.2) is 0 Å². The van der Waals surface area contributed by atoms with Crippen molar-refractivity contribution in [1.29, 1.82) is 5.41 Å². The molecule has 0 spiro atoms. The zero-order valence-corrected chi connectivity index (χ0v) is 6.82. The quantitative estimate of drug-likeness (QED) is 0.513. The Balaban J connectivity index is 2.78. The lowest BCUT2D eigenvalue weighted by molar-refractivity contribution is 0.205. The summed E-state index contributed by atoms with van der Waals surface area (Å²) in [6.45, 7) is 0. The Morgan fingerprint density at radius 3 is 2.50 bits per heavy atom. The molecular formula is C9H11NO2. The number of methoxy groups -OCH3 is 1. The fourth-order valence-corrected chi connectivity index (χ4v) is 0.898. The van der Waals surface area contributed by atoms with Crippen LogP contribution < -0.4 is 0 Å². The minimum atomic E-state index is -0.948. The van der Waals surface area contributed by atoms with Crippen LogP contribution >= 0.6 is 0 Å². The van der Waals surface area contributed by atoms with Crippen molar-refractivity contribution in [3.05, 3.63) is 35.9 Å². The van der Waals surface area contributed by atoms with E-state index in [0.717, 1.165) is 0 Å². The summed E-state index contributed by atoms with van der Waals surface area (Å²) in [4.78, 5) is 0. The summed E-state index contributed by atoms with van der Waals surface area (Å²) >= 11 is 0. The van der Waals surface area contributed by atoms with Gasteiger partial charge in [-0.3, -0.25) is 5.41 Å². The Hall–Kier alpha value is -1.35. The average molecular weight is 165 g/mol. The van der Waals surface area contributed by atoms with Gasteiger partial charge in [0.25, 0.3) is 0 Å². The van der Waals surface area contributed by atoms with Gasteiger partial charge in [0.2, 0.25) is 5.90 Å². The fraction of sp³-hybridized carbons (Fsp3) is 0.222. The molecule has 1 aromatic carbocycles. The molecule has 0 saturated heterocycles. The maximum absolute atomic E-state index is 9.44. The molecule has 0 aliphatic carbocycles. The van der Waals surface area contributed by atoms with Gasteiger partial charge in [-0.15, -0.1) is 0 Å². The first-order valence-corrected chi connectivity index (χ1v) is 3.61. The van der Waals surface area contributed by atoms with Crippen molar-refractivity contribution < 1.29 is 9.84 Å². The smallest absolute Gasteiger partial charge is 0.214 e. The van der Waals surface area contributed by atoms with E-state index in [2.05, 4.69) is 4.74 Å². The normalized spacial score (nSPS) is 12.2. The fourth-order valence-electron chi connectivity index (χ4n) is 0.898. The molecule has 0 radical (unpaired) electrons. The predicted molar refractivity (Wildman–Crippen MR) is 46.1 cm³/mol. The second-order valence-electron chi connectivity index (χ2n) is 2.38. The molecule has 0 amide bonds. The number of aliphatic hydroxyl groups excluding tert-OH is 1. The number of rotatable bonds is 2. The molecule has 0 aromatic heterocycles. The van der Waals surface area contributed by atoms with Crippen LogP contribution in [0.5, 0.6) is 0 Å². The van der Waals surface area contributed by atoms with E-state index in [-0.39, 0.29) is 5.90 Å². The lowest BCUT2D eigenvalue weighted by Gasteiger charge is -2.09. The highest BCUT2D eigenvalue weighted by Gasteiger charge is 2.12. The van der Waals surface area contributed by atoms with E-state index in [0.29, 0.717) is 5.56 Å². The van der Waals surface area contributed by atoms with Gasteiger partial charge < -0.3 is 9.84 Å². The molecule has 0 aliphatic rings. The maximum Gasteiger partial charge on any atom is 0.214 e. The van der Waals surface area contributed by atoms with E-state index in [1.54, 1.807) is 12.1 Å². The van der Waals surface area contributed by atoms with E-state index in [1.807, 2.05) is 18.2 Å². The predicted octanol–water partition coefficient (Wildman–Crippen LogP) is 1.34. The van der Waals surface area contributed by atoms with E-state index in [4.69, 9.17) is 5.41 Å². The van der Waals surface area contributed by atoms with Gasteiger partial charge in [0, 0.05) is 0 Å². The molecule has 0 aliphatic heterocycles. The molecule has 1 aromatic rings. The molecular weight excluding hydrogens is 154 g/mol. The summed E-state index contributed by atoms with van der Waals surface area (Å²) in [5.74, 6) is -0.138. The summed E-state index contributed by atoms with van der Waals surface area (Å²) in [7, 11) is 1.37. The molecule has 2 N–H and O–H groups in total. The van der Waals surface area contributed by atoms with Crippen LogP contribution in [0.2, 0.25) is 0 Å². The van der Waals surface area contributed by atoms with Crippen LogP contribution in [-0.2, 0) is 4.74 Å². The molecule has 0 heterocycles. The third-order valence-electron chi connectivity index (χ3n) is 1.58. The van der Waals surface area contributed by atoms with Gasteiger partial charge in [-0.05, 0) is 5.56 Å². The van der Waals surface area contributed by atoms with Crippen LogP contribution in [0.25, 0.3) is 0 Å². The van der Waals surface area contributed by atoms with Crippen LogP contribution in [0, 0.1) is 5.41 Å². The van der Waals surface area contributed by atoms with Crippen molar-refractivity contribution in [2.45, 2.75) is 6.10 Å². The van der Waals surface area contributed by atoms with Crippen molar-refractivity contribution in [1.82, 2.24) is 0 Å². The van der Waals surface area contributed by atoms with E-state index >= 15 is 0 Å². The van der Waals surface area contributed by atoms with Crippen LogP contribution in [-0.4, -0.2) is 18.1 Å². The van der Waals surface area contributed by atoms with Crippen LogP contribution in [0.1, 0.15) is 11.7 Å². The van der Waals surface area contributed by atoms with Crippen LogP contribution in [0.4, 0.5) is 0 Å². The SMILES string of the molecule is COC(=N)[C@H](O)c1ccccc1. The molecule has 0 fully saturated rings. The Kier molecular flexibility index (Phi) is 2.82. The van der Waals surface area contributed by atoms with Crippen molar-refractivity contribution in [3.63, 3.8) is 0 Å². The van der Waals surface area contributed by atoms with Crippen LogP contribution in [0.15, 0.2) is 30.3 Å². The zero-order valence-electron chi connectivity index (χ0n) is 6.82. The standard InChI is InChI=1S/C9H11NO2/c1-12-9(10)8(11)7-5-3-2-4-6-7/h2-6,8,10-11H,1H3/t8-/m1/s1. The molecule has 1 rings (SSSR count). The van der Waals surface area contributed by atoms with E-state index in [1.165, 1.54) is 7.11 Å². The number of nitrogens with one attached hydrogen (secondary N) is 1. The number of hydrogen-bond acceptors (Lipinski definition) is 3. The Morgan fingerprint density at radius 1 is 1.42 bits per heavy atom. The molecule has 3 nitrogen and oxygen atoms in total. The minimum absolute atomic E-state index is 0.138. The van der Waals surface area contributed by atoms with Gasteiger partial charge in [-0.1, -0.05) is 30.3 Å². The lowest BCUT2D eigenvalue weighted by Crippen LogP contribution is -2.12. The van der Waals surface area contributed by atoms with Gasteiger partial charge >= 0.3 is 0 Å². The maximum atomic E-state index is 9.44. The third kappa shape index (κ3) is 1.83. The second-order valence-corrected chi connectivity index (χ2v) is 2.38. The van der Waals surface area contributed by atoms with E-state index < -0.39 is 6.10 Å². The van der Waals surface area contributed by atoms with Crippen molar-refractivity contribution in [3.8, 4) is 0 Å². The molecule has 12 heavy (non-hydrogen) atoms. The monoisotopic (exact) mass is 165 g/mol. The highest BCUT2D eigenvalue weighted by atomic mass is 16.5. The van der Waals surface area contributed by atoms with Crippen molar-refractivity contribution in [2.75, 3.05) is 7.11 Å². The first-order chi connectivity index (χ1) is 5.75. The van der Waals surface area contributed by atoms with Gasteiger partial charge in [-0.2, -0.15) is 0 Å². The highest BCUT2D eigenvalue weighted by Crippen LogP contribution is 2.12. The van der Waals surface area contributed by atoms with Gasteiger partial charge in [0.05, 0.1) is 7.11 Å². The Morgan fingerprint density at radius 2 is 2.00 bits per heavy atom. The summed E-state index contributed by atoms with van der Waals surface area (Å²) in [5, 5.41) is 16.6. The summed E-state index contributed by atoms with van der Waals surface area (Å²) in [6.07, 6.45) is -0.948. The Bertz CT molecular complexity index is 258. The first kappa shape index (κ1) is 8.74. The van der Waals surface area contributed by atoms with Crippen molar-refractivity contribution in [2.24, 2.45) is 0 Å². The highest BCUT2D eigenvalue weighted by molar-refractivity contribution is 5.78. The van der Waals surface area contributed by atoms with Crippen LogP contribution in [0.3, 0.4) is 0 Å². The molecule has 0 saturated carbocycles. The third-order valence-corrected chi connectivity index (χ3v) is 1.58. The topological polar surface area (TPSA) is 53.3 Å².